The first-order chi connectivity index (χ1) is 16.1. The minimum Gasteiger partial charge on any atom is -0.395 e. The molecule has 4 N–H and O–H groups in total. The van der Waals surface area contributed by atoms with Gasteiger partial charge in [-0.05, 0) is 44.4 Å². The van der Waals surface area contributed by atoms with Crippen molar-refractivity contribution in [2.75, 3.05) is 30.3 Å². The third-order valence-electron chi connectivity index (χ3n) is 5.46. The first kappa shape index (κ1) is 25.8. The largest absolute Gasteiger partial charge is 0.395 e. The maximum absolute atomic E-state index is 13.9. The van der Waals surface area contributed by atoms with Crippen molar-refractivity contribution in [3.8, 4) is 0 Å². The number of nitrogens with two attached hydrogens (primary N) is 1. The Balaban J connectivity index is 1.93. The first-order valence-corrected chi connectivity index (χ1v) is 11.6. The molecule has 0 aliphatic heterocycles. The average Bonchev–Trinajstić information content (AvgIpc) is 3.16. The van der Waals surface area contributed by atoms with Crippen LogP contribution in [-0.4, -0.2) is 50.1 Å². The van der Waals surface area contributed by atoms with Gasteiger partial charge in [-0.3, -0.25) is 4.68 Å². The van der Waals surface area contributed by atoms with Crippen LogP contribution in [0.4, 0.5) is 20.5 Å². The van der Waals surface area contributed by atoms with Crippen LogP contribution < -0.4 is 16.0 Å². The SMILES string of the molecule is CCCCN(CCO)c1nc(N)nc2cn(Cc3ccc(CNC(C)(C)C)cc3C(F)F)nc12. The number of anilines is 2. The van der Waals surface area contributed by atoms with Gasteiger partial charge in [0.25, 0.3) is 6.43 Å². The summed E-state index contributed by atoms with van der Waals surface area (Å²) in [5.74, 6) is 0.645. The van der Waals surface area contributed by atoms with Gasteiger partial charge in [-0.15, -0.1) is 0 Å². The van der Waals surface area contributed by atoms with E-state index < -0.39 is 6.43 Å². The molecular weight excluding hydrogens is 440 g/mol. The highest BCUT2D eigenvalue weighted by Gasteiger charge is 2.19. The lowest BCUT2D eigenvalue weighted by Gasteiger charge is -2.22. The number of fused-ring (bicyclic) bond motifs is 1. The second-order valence-electron chi connectivity index (χ2n) is 9.47. The molecule has 3 aromatic rings. The van der Waals surface area contributed by atoms with Crippen molar-refractivity contribution in [3.63, 3.8) is 0 Å². The number of benzene rings is 1. The van der Waals surface area contributed by atoms with Gasteiger partial charge in [0, 0.05) is 30.7 Å². The Morgan fingerprint density at radius 2 is 1.97 bits per heavy atom. The van der Waals surface area contributed by atoms with Gasteiger partial charge in [0.15, 0.2) is 11.3 Å². The third-order valence-corrected chi connectivity index (χ3v) is 5.46. The molecule has 0 saturated heterocycles. The van der Waals surface area contributed by atoms with Gasteiger partial charge >= 0.3 is 0 Å². The lowest BCUT2D eigenvalue weighted by molar-refractivity contribution is 0.150. The van der Waals surface area contributed by atoms with Gasteiger partial charge < -0.3 is 21.1 Å². The van der Waals surface area contributed by atoms with E-state index in [1.807, 2.05) is 31.7 Å². The molecule has 3 rings (SSSR count). The van der Waals surface area contributed by atoms with Crippen LogP contribution in [0.2, 0.25) is 0 Å². The molecule has 0 radical (unpaired) electrons. The van der Waals surface area contributed by atoms with Crippen molar-refractivity contribution in [2.24, 2.45) is 0 Å². The topological polar surface area (TPSA) is 105 Å². The fourth-order valence-electron chi connectivity index (χ4n) is 3.70. The molecular formula is C24H35F2N7O. The zero-order valence-electron chi connectivity index (χ0n) is 20.4. The van der Waals surface area contributed by atoms with Gasteiger partial charge in [-0.1, -0.05) is 25.5 Å². The number of nitrogen functional groups attached to an aromatic ring is 1. The monoisotopic (exact) mass is 475 g/mol. The number of alkyl halides is 2. The molecule has 34 heavy (non-hydrogen) atoms. The van der Waals surface area contributed by atoms with E-state index >= 15 is 0 Å². The molecule has 0 spiro atoms. The van der Waals surface area contributed by atoms with Gasteiger partial charge in [0.1, 0.15) is 5.52 Å². The normalized spacial score (nSPS) is 12.1. The van der Waals surface area contributed by atoms with Crippen molar-refractivity contribution >= 4 is 22.8 Å². The predicted molar refractivity (Wildman–Crippen MR) is 131 cm³/mol. The molecule has 10 heteroatoms. The van der Waals surface area contributed by atoms with Gasteiger partial charge in [0.2, 0.25) is 5.95 Å². The molecule has 0 amide bonds. The van der Waals surface area contributed by atoms with Crippen molar-refractivity contribution in [1.29, 1.82) is 0 Å². The number of nitrogens with zero attached hydrogens (tertiary/aromatic N) is 5. The molecule has 186 valence electrons. The fraction of sp³-hybridized carbons (Fsp3) is 0.542. The van der Waals surface area contributed by atoms with Gasteiger partial charge in [-0.25, -0.2) is 13.8 Å². The van der Waals surface area contributed by atoms with Crippen molar-refractivity contribution in [1.82, 2.24) is 25.1 Å². The summed E-state index contributed by atoms with van der Waals surface area (Å²) in [6.45, 7) is 9.89. The third kappa shape index (κ3) is 6.60. The van der Waals surface area contributed by atoms with Crippen LogP contribution in [0, 0.1) is 0 Å². The Labute approximate surface area is 199 Å². The van der Waals surface area contributed by atoms with E-state index in [1.54, 1.807) is 23.0 Å². The van der Waals surface area contributed by atoms with Crippen LogP contribution in [0.15, 0.2) is 24.4 Å². The molecule has 2 aromatic heterocycles. The molecule has 1 aromatic carbocycles. The van der Waals surface area contributed by atoms with Crippen LogP contribution in [-0.2, 0) is 13.1 Å². The highest BCUT2D eigenvalue weighted by Crippen LogP contribution is 2.27. The summed E-state index contributed by atoms with van der Waals surface area (Å²) >= 11 is 0. The highest BCUT2D eigenvalue weighted by molar-refractivity contribution is 5.86. The lowest BCUT2D eigenvalue weighted by Crippen LogP contribution is -2.35. The smallest absolute Gasteiger partial charge is 0.264 e. The maximum Gasteiger partial charge on any atom is 0.264 e. The summed E-state index contributed by atoms with van der Waals surface area (Å²) in [4.78, 5) is 10.6. The van der Waals surface area contributed by atoms with Gasteiger partial charge in [-0.2, -0.15) is 10.1 Å². The Morgan fingerprint density at radius 1 is 1.21 bits per heavy atom. The zero-order valence-corrected chi connectivity index (χ0v) is 20.4. The van der Waals surface area contributed by atoms with Crippen LogP contribution >= 0.6 is 0 Å². The predicted octanol–water partition coefficient (Wildman–Crippen LogP) is 3.88. The number of unbranched alkanes of at least 4 members (excludes halogenated alkanes) is 1. The van der Waals surface area contributed by atoms with E-state index in [1.165, 1.54) is 0 Å². The molecule has 0 unspecified atom stereocenters. The molecule has 0 saturated carbocycles. The molecule has 8 nitrogen and oxygen atoms in total. The summed E-state index contributed by atoms with van der Waals surface area (Å²) < 4.78 is 29.4. The van der Waals surface area contributed by atoms with Crippen LogP contribution in [0.3, 0.4) is 0 Å². The summed E-state index contributed by atoms with van der Waals surface area (Å²) in [6.07, 6.45) is 0.991. The number of aromatic nitrogens is 4. The summed E-state index contributed by atoms with van der Waals surface area (Å²) in [5.41, 5.74) is 8.17. The number of hydrogen-bond acceptors (Lipinski definition) is 7. The number of nitrogens with one attached hydrogen (secondary N) is 1. The Morgan fingerprint density at radius 3 is 2.62 bits per heavy atom. The summed E-state index contributed by atoms with van der Waals surface area (Å²) in [7, 11) is 0. The van der Waals surface area contributed by atoms with Crippen molar-refractivity contribution < 1.29 is 13.9 Å². The number of halogens is 2. The van der Waals surface area contributed by atoms with Crippen LogP contribution in [0.25, 0.3) is 11.0 Å². The number of aliphatic hydroxyl groups is 1. The minimum atomic E-state index is -2.60. The Kier molecular flexibility index (Phi) is 8.37. The van der Waals surface area contributed by atoms with E-state index in [-0.39, 0.29) is 30.2 Å². The molecule has 0 fully saturated rings. The zero-order chi connectivity index (χ0) is 24.9. The average molecular weight is 476 g/mol. The molecule has 0 aliphatic rings. The minimum absolute atomic E-state index is 0.0107. The Bertz CT molecular complexity index is 1090. The second kappa shape index (κ2) is 11.1. The number of rotatable bonds is 11. The van der Waals surface area contributed by atoms with E-state index in [4.69, 9.17) is 5.73 Å². The summed E-state index contributed by atoms with van der Waals surface area (Å²) in [5, 5.41) is 17.4. The van der Waals surface area contributed by atoms with Crippen LogP contribution in [0.5, 0.6) is 0 Å². The van der Waals surface area contributed by atoms with Crippen LogP contribution in [0.1, 0.15) is 63.7 Å². The molecule has 0 aliphatic carbocycles. The quantitative estimate of drug-likeness (QED) is 0.386. The summed E-state index contributed by atoms with van der Waals surface area (Å²) in [6, 6.07) is 5.15. The van der Waals surface area contributed by atoms with E-state index in [2.05, 4.69) is 27.3 Å². The maximum atomic E-state index is 13.9. The fourth-order valence-corrected chi connectivity index (χ4v) is 3.70. The standard InChI is InChI=1S/C24H35F2N7O/c1-5-6-9-32(10-11-34)22-20-19(29-23(27)30-22)15-33(31-20)14-17-8-7-16(12-18(17)21(25)26)13-28-24(2,3)4/h7-8,12,15,21,28,34H,5-6,9-11,13-14H2,1-4H3,(H2,27,29). The van der Waals surface area contributed by atoms with Gasteiger partial charge in [0.05, 0.1) is 19.3 Å². The number of hydrogen-bond donors (Lipinski definition) is 3. The van der Waals surface area contributed by atoms with E-state index in [9.17, 15) is 13.9 Å². The van der Waals surface area contributed by atoms with Crippen molar-refractivity contribution in [2.45, 2.75) is 65.6 Å². The van der Waals surface area contributed by atoms with E-state index in [0.717, 1.165) is 18.4 Å². The second-order valence-corrected chi connectivity index (χ2v) is 9.47. The van der Waals surface area contributed by atoms with E-state index in [0.29, 0.717) is 42.0 Å². The molecule has 0 atom stereocenters. The molecule has 2 heterocycles. The molecule has 0 bridgehead atoms. The highest BCUT2D eigenvalue weighted by atomic mass is 19.3. The first-order valence-electron chi connectivity index (χ1n) is 11.6. The Hall–Kier alpha value is -2.85. The number of aliphatic hydroxyl groups excluding tert-OH is 1. The lowest BCUT2D eigenvalue weighted by atomic mass is 10.0. The van der Waals surface area contributed by atoms with Crippen molar-refractivity contribution in [3.05, 3.63) is 41.1 Å².